The van der Waals surface area contributed by atoms with Gasteiger partial charge in [0, 0.05) is 12.1 Å². The Labute approximate surface area is 169 Å². The van der Waals surface area contributed by atoms with Gasteiger partial charge in [-0.05, 0) is 42.0 Å². The molecule has 1 heterocycles. The number of para-hydroxylation sites is 2. The van der Waals surface area contributed by atoms with Crippen molar-refractivity contribution in [2.75, 3.05) is 13.2 Å². The van der Waals surface area contributed by atoms with Crippen LogP contribution < -0.4 is 4.74 Å². The van der Waals surface area contributed by atoms with Crippen LogP contribution in [0.3, 0.4) is 0 Å². The number of rotatable bonds is 6. The Bertz CT molecular complexity index is 946. The lowest BCUT2D eigenvalue weighted by Gasteiger charge is -2.17. The molecule has 28 heavy (non-hydrogen) atoms. The van der Waals surface area contributed by atoms with Crippen molar-refractivity contribution >= 4 is 34.6 Å². The van der Waals surface area contributed by atoms with Gasteiger partial charge in [-0.25, -0.2) is 4.99 Å². The Morgan fingerprint density at radius 1 is 1.18 bits per heavy atom. The molecule has 0 radical (unpaired) electrons. The molecule has 6 heteroatoms. The number of nitriles is 1. The summed E-state index contributed by atoms with van der Waals surface area (Å²) in [5.41, 5.74) is 1.57. The molecule has 5 nitrogen and oxygen atoms in total. The normalized spacial score (nSPS) is 16.8. The molecule has 2 aromatic carbocycles. The summed E-state index contributed by atoms with van der Waals surface area (Å²) in [6, 6.07) is 19.0. The fourth-order valence-electron chi connectivity index (χ4n) is 2.71. The highest BCUT2D eigenvalue weighted by Crippen LogP contribution is 2.35. The van der Waals surface area contributed by atoms with Gasteiger partial charge in [0.05, 0.1) is 10.6 Å². The number of carbonyl (C=O) groups is 1. The summed E-state index contributed by atoms with van der Waals surface area (Å²) >= 11 is 1.36. The van der Waals surface area contributed by atoms with E-state index < -0.39 is 0 Å². The van der Waals surface area contributed by atoms with E-state index in [0.717, 1.165) is 11.3 Å². The minimum atomic E-state index is -0.0662. The molecule has 1 saturated heterocycles. The molecule has 0 unspecified atom stereocenters. The first-order chi connectivity index (χ1) is 13.6. The topological polar surface area (TPSA) is 65.7 Å². The molecule has 0 aliphatic carbocycles. The van der Waals surface area contributed by atoms with E-state index in [0.29, 0.717) is 28.3 Å². The van der Waals surface area contributed by atoms with Gasteiger partial charge >= 0.3 is 0 Å². The Hall–Kier alpha value is -3.04. The van der Waals surface area contributed by atoms with Crippen molar-refractivity contribution in [2.24, 2.45) is 10.9 Å². The first kappa shape index (κ1) is 19.7. The van der Waals surface area contributed by atoms with Crippen LogP contribution in [0.2, 0.25) is 0 Å². The molecule has 0 atom stereocenters. The van der Waals surface area contributed by atoms with E-state index in [1.165, 1.54) is 11.8 Å². The molecule has 2 aromatic rings. The van der Waals surface area contributed by atoms with E-state index >= 15 is 0 Å². The van der Waals surface area contributed by atoms with Crippen LogP contribution >= 0.6 is 11.8 Å². The van der Waals surface area contributed by atoms with Gasteiger partial charge in [0.2, 0.25) is 0 Å². The SMILES string of the molecule is CC(C)CN1C(=O)/C(=C\c2ccccc2OCC#N)SC1=Nc1ccccc1. The largest absolute Gasteiger partial charge is 0.478 e. The zero-order valence-corrected chi connectivity index (χ0v) is 16.6. The zero-order chi connectivity index (χ0) is 19.9. The quantitative estimate of drug-likeness (QED) is 0.660. The molecule has 0 N–H and O–H groups in total. The maximum atomic E-state index is 13.0. The number of amides is 1. The average molecular weight is 391 g/mol. The van der Waals surface area contributed by atoms with Crippen LogP contribution in [0.15, 0.2) is 64.5 Å². The smallest absolute Gasteiger partial charge is 0.266 e. The maximum absolute atomic E-state index is 13.0. The third kappa shape index (κ3) is 4.81. The molecular weight excluding hydrogens is 370 g/mol. The lowest BCUT2D eigenvalue weighted by atomic mass is 10.1. The molecular formula is C22H21N3O2S. The summed E-state index contributed by atoms with van der Waals surface area (Å²) in [4.78, 5) is 20.0. The van der Waals surface area contributed by atoms with Crippen LogP contribution in [0, 0.1) is 17.2 Å². The van der Waals surface area contributed by atoms with Crippen molar-refractivity contribution in [3.05, 3.63) is 65.1 Å². The minimum absolute atomic E-state index is 0.0402. The lowest BCUT2D eigenvalue weighted by molar-refractivity contribution is -0.122. The summed E-state index contributed by atoms with van der Waals surface area (Å²) in [6.45, 7) is 4.71. The maximum Gasteiger partial charge on any atom is 0.266 e. The lowest BCUT2D eigenvalue weighted by Crippen LogP contribution is -2.32. The van der Waals surface area contributed by atoms with Crippen molar-refractivity contribution in [1.29, 1.82) is 5.26 Å². The molecule has 1 amide bonds. The van der Waals surface area contributed by atoms with Gasteiger partial charge in [-0.2, -0.15) is 5.26 Å². The summed E-state index contributed by atoms with van der Waals surface area (Å²) in [6.07, 6.45) is 1.81. The highest BCUT2D eigenvalue weighted by molar-refractivity contribution is 8.18. The Morgan fingerprint density at radius 3 is 2.61 bits per heavy atom. The monoisotopic (exact) mass is 391 g/mol. The summed E-state index contributed by atoms with van der Waals surface area (Å²) in [5, 5.41) is 9.44. The molecule has 1 fully saturated rings. The van der Waals surface area contributed by atoms with Gasteiger partial charge in [0.15, 0.2) is 11.8 Å². The van der Waals surface area contributed by atoms with Gasteiger partial charge in [-0.3, -0.25) is 9.69 Å². The van der Waals surface area contributed by atoms with Crippen molar-refractivity contribution < 1.29 is 9.53 Å². The van der Waals surface area contributed by atoms with Crippen molar-refractivity contribution in [1.82, 2.24) is 4.90 Å². The Morgan fingerprint density at radius 2 is 1.89 bits per heavy atom. The van der Waals surface area contributed by atoms with Gasteiger partial charge in [0.25, 0.3) is 5.91 Å². The van der Waals surface area contributed by atoms with Gasteiger partial charge in [-0.1, -0.05) is 50.2 Å². The predicted molar refractivity (Wildman–Crippen MR) is 113 cm³/mol. The molecule has 0 bridgehead atoms. The average Bonchev–Trinajstić information content (AvgIpc) is 2.96. The second kappa shape index (κ2) is 9.25. The van der Waals surface area contributed by atoms with Crippen LogP contribution in [0.5, 0.6) is 5.75 Å². The number of amidine groups is 1. The molecule has 0 aromatic heterocycles. The van der Waals surface area contributed by atoms with Crippen LogP contribution in [0.4, 0.5) is 5.69 Å². The third-order valence-electron chi connectivity index (χ3n) is 3.91. The molecule has 3 rings (SSSR count). The van der Waals surface area contributed by atoms with E-state index in [1.807, 2.05) is 54.6 Å². The number of benzene rings is 2. The number of hydrogen-bond donors (Lipinski definition) is 0. The Balaban J connectivity index is 1.95. The first-order valence-corrected chi connectivity index (χ1v) is 9.84. The van der Waals surface area contributed by atoms with Crippen LogP contribution in [0.1, 0.15) is 19.4 Å². The van der Waals surface area contributed by atoms with E-state index in [2.05, 4.69) is 18.8 Å². The number of carbonyl (C=O) groups excluding carboxylic acids is 1. The molecule has 142 valence electrons. The number of nitrogens with zero attached hydrogens (tertiary/aromatic N) is 3. The Kier molecular flexibility index (Phi) is 6.51. The highest BCUT2D eigenvalue weighted by Gasteiger charge is 2.33. The van der Waals surface area contributed by atoms with Crippen molar-refractivity contribution in [3.8, 4) is 11.8 Å². The summed E-state index contributed by atoms with van der Waals surface area (Å²) in [5.74, 6) is 0.827. The summed E-state index contributed by atoms with van der Waals surface area (Å²) in [7, 11) is 0. The second-order valence-corrected chi connectivity index (χ2v) is 7.64. The van der Waals surface area contributed by atoms with Crippen molar-refractivity contribution in [2.45, 2.75) is 13.8 Å². The third-order valence-corrected chi connectivity index (χ3v) is 4.92. The van der Waals surface area contributed by atoms with Crippen LogP contribution in [-0.2, 0) is 4.79 Å². The van der Waals surface area contributed by atoms with E-state index in [1.54, 1.807) is 17.0 Å². The molecule has 0 spiro atoms. The van der Waals surface area contributed by atoms with E-state index in [-0.39, 0.29) is 12.5 Å². The minimum Gasteiger partial charge on any atom is -0.478 e. The van der Waals surface area contributed by atoms with E-state index in [4.69, 9.17) is 10.00 Å². The number of hydrogen-bond acceptors (Lipinski definition) is 5. The van der Waals surface area contributed by atoms with Gasteiger partial charge < -0.3 is 4.74 Å². The number of thioether (sulfide) groups is 1. The molecule has 1 aliphatic rings. The highest BCUT2D eigenvalue weighted by atomic mass is 32.2. The predicted octanol–water partition coefficient (Wildman–Crippen LogP) is 4.85. The van der Waals surface area contributed by atoms with Gasteiger partial charge in [-0.15, -0.1) is 0 Å². The van der Waals surface area contributed by atoms with Crippen LogP contribution in [-0.4, -0.2) is 29.1 Å². The fourth-order valence-corrected chi connectivity index (χ4v) is 3.71. The fraction of sp³-hybridized carbons (Fsp3) is 0.227. The summed E-state index contributed by atoms with van der Waals surface area (Å²) < 4.78 is 5.48. The molecule has 1 aliphatic heterocycles. The van der Waals surface area contributed by atoms with Crippen LogP contribution in [0.25, 0.3) is 6.08 Å². The van der Waals surface area contributed by atoms with Crippen molar-refractivity contribution in [3.63, 3.8) is 0 Å². The van der Waals surface area contributed by atoms with Gasteiger partial charge in [0.1, 0.15) is 11.8 Å². The zero-order valence-electron chi connectivity index (χ0n) is 15.8. The number of ether oxygens (including phenoxy) is 1. The number of aliphatic imine (C=N–C) groups is 1. The second-order valence-electron chi connectivity index (χ2n) is 6.63. The van der Waals surface area contributed by atoms with E-state index in [9.17, 15) is 4.79 Å². The first-order valence-electron chi connectivity index (χ1n) is 9.02. The molecule has 0 saturated carbocycles. The standard InChI is InChI=1S/C22H21N3O2S/c1-16(2)15-25-21(26)20(28-22(25)24-18-9-4-3-5-10-18)14-17-8-6-7-11-19(17)27-13-12-23/h3-11,14,16H,13,15H2,1-2H3/b20-14+,24-22?.